The first kappa shape index (κ1) is 16.3. The lowest BCUT2D eigenvalue weighted by atomic mass is 9.95. The minimum absolute atomic E-state index is 0.162. The molecule has 0 saturated heterocycles. The number of carbonyl (C=O) groups is 2. The van der Waals surface area contributed by atoms with Crippen LogP contribution in [-0.2, 0) is 9.59 Å². The third-order valence-corrected chi connectivity index (χ3v) is 3.57. The molecule has 100 valence electrons. The number of rotatable bonds is 9. The van der Waals surface area contributed by atoms with Gasteiger partial charge in [0, 0.05) is 12.5 Å². The van der Waals surface area contributed by atoms with Crippen molar-refractivity contribution in [2.24, 2.45) is 11.8 Å². The van der Waals surface area contributed by atoms with E-state index in [1.54, 1.807) is 13.8 Å². The summed E-state index contributed by atoms with van der Waals surface area (Å²) in [7, 11) is 0. The third-order valence-electron chi connectivity index (χ3n) is 2.88. The van der Waals surface area contributed by atoms with E-state index in [2.05, 4.69) is 11.6 Å². The molecule has 0 aliphatic rings. The van der Waals surface area contributed by atoms with Gasteiger partial charge in [0.25, 0.3) is 0 Å². The predicted molar refractivity (Wildman–Crippen MR) is 71.2 cm³/mol. The summed E-state index contributed by atoms with van der Waals surface area (Å²) in [6, 6.07) is 0. The van der Waals surface area contributed by atoms with E-state index in [0.29, 0.717) is 6.54 Å². The van der Waals surface area contributed by atoms with Crippen LogP contribution in [0, 0.1) is 11.8 Å². The number of carbonyl (C=O) groups excluding carboxylic acids is 1. The van der Waals surface area contributed by atoms with Crippen LogP contribution in [0.5, 0.6) is 0 Å². The summed E-state index contributed by atoms with van der Waals surface area (Å²) in [4.78, 5) is 22.3. The quantitative estimate of drug-likeness (QED) is 0.623. The first-order valence-electron chi connectivity index (χ1n) is 6.00. The Labute approximate surface area is 108 Å². The van der Waals surface area contributed by atoms with Gasteiger partial charge in [0.1, 0.15) is 0 Å². The van der Waals surface area contributed by atoms with Crippen LogP contribution in [0.15, 0.2) is 0 Å². The van der Waals surface area contributed by atoms with Crippen molar-refractivity contribution in [2.75, 3.05) is 18.6 Å². The Bertz CT molecular complexity index is 246. The van der Waals surface area contributed by atoms with Gasteiger partial charge in [0.2, 0.25) is 5.91 Å². The molecular formula is C12H23NO3S. The van der Waals surface area contributed by atoms with Crippen LogP contribution in [-0.4, -0.2) is 35.5 Å². The summed E-state index contributed by atoms with van der Waals surface area (Å²) < 4.78 is 0. The van der Waals surface area contributed by atoms with E-state index in [1.807, 2.05) is 11.8 Å². The molecule has 0 rings (SSSR count). The summed E-state index contributed by atoms with van der Waals surface area (Å²) in [5, 5.41) is 11.6. The van der Waals surface area contributed by atoms with Gasteiger partial charge < -0.3 is 10.4 Å². The van der Waals surface area contributed by atoms with E-state index in [0.717, 1.165) is 25.0 Å². The zero-order valence-corrected chi connectivity index (χ0v) is 11.7. The minimum atomic E-state index is -0.923. The highest BCUT2D eigenvalue weighted by Crippen LogP contribution is 2.11. The fourth-order valence-electron chi connectivity index (χ4n) is 1.36. The number of amides is 1. The zero-order valence-electron chi connectivity index (χ0n) is 10.9. The maximum atomic E-state index is 11.6. The molecule has 2 atom stereocenters. The van der Waals surface area contributed by atoms with Crippen LogP contribution < -0.4 is 5.32 Å². The van der Waals surface area contributed by atoms with Crippen LogP contribution in [0.3, 0.4) is 0 Å². The van der Waals surface area contributed by atoms with Crippen LogP contribution in [0.2, 0.25) is 0 Å². The Morgan fingerprint density at radius 2 is 1.82 bits per heavy atom. The normalized spacial score (nSPS) is 14.1. The average Bonchev–Trinajstić information content (AvgIpc) is 2.31. The second-order valence-corrected chi connectivity index (χ2v) is 5.25. The average molecular weight is 261 g/mol. The lowest BCUT2D eigenvalue weighted by molar-refractivity contribution is -0.146. The highest BCUT2D eigenvalue weighted by atomic mass is 32.2. The van der Waals surface area contributed by atoms with E-state index >= 15 is 0 Å². The van der Waals surface area contributed by atoms with Gasteiger partial charge in [-0.2, -0.15) is 11.8 Å². The molecule has 0 aliphatic heterocycles. The summed E-state index contributed by atoms with van der Waals surface area (Å²) >= 11 is 1.83. The molecular weight excluding hydrogens is 238 g/mol. The molecule has 0 aromatic heterocycles. The van der Waals surface area contributed by atoms with Crippen LogP contribution in [0.25, 0.3) is 0 Å². The number of unbranched alkanes of at least 4 members (excludes halogenated alkanes) is 2. The fraction of sp³-hybridized carbons (Fsp3) is 0.833. The maximum Gasteiger partial charge on any atom is 0.307 e. The van der Waals surface area contributed by atoms with Gasteiger partial charge in [-0.3, -0.25) is 9.59 Å². The Hall–Kier alpha value is -0.710. The molecule has 0 aromatic carbocycles. The van der Waals surface area contributed by atoms with Crippen molar-refractivity contribution in [3.05, 3.63) is 0 Å². The monoisotopic (exact) mass is 261 g/mol. The lowest BCUT2D eigenvalue weighted by Crippen LogP contribution is -2.35. The summed E-state index contributed by atoms with van der Waals surface area (Å²) in [5.74, 6) is -1.04. The van der Waals surface area contributed by atoms with Gasteiger partial charge in [-0.1, -0.05) is 20.3 Å². The van der Waals surface area contributed by atoms with Crippen LogP contribution in [0.1, 0.15) is 33.1 Å². The fourth-order valence-corrected chi connectivity index (χ4v) is 1.85. The second kappa shape index (κ2) is 9.33. The molecule has 0 saturated carbocycles. The third kappa shape index (κ3) is 7.26. The number of nitrogens with one attached hydrogen (secondary N) is 1. The Kier molecular flexibility index (Phi) is 8.94. The molecule has 0 bridgehead atoms. The van der Waals surface area contributed by atoms with Crippen molar-refractivity contribution < 1.29 is 14.7 Å². The molecule has 0 heterocycles. The Morgan fingerprint density at radius 1 is 1.18 bits per heavy atom. The minimum Gasteiger partial charge on any atom is -0.481 e. The largest absolute Gasteiger partial charge is 0.481 e. The molecule has 5 heteroatoms. The van der Waals surface area contributed by atoms with Crippen molar-refractivity contribution in [1.29, 1.82) is 0 Å². The molecule has 17 heavy (non-hydrogen) atoms. The molecule has 2 N–H and O–H groups in total. The Balaban J connectivity index is 3.68. The molecule has 4 nitrogen and oxygen atoms in total. The van der Waals surface area contributed by atoms with Crippen molar-refractivity contribution >= 4 is 23.6 Å². The number of hydrogen-bond acceptors (Lipinski definition) is 3. The molecule has 0 radical (unpaired) electrons. The molecule has 0 fully saturated rings. The molecule has 0 aliphatic carbocycles. The van der Waals surface area contributed by atoms with Gasteiger partial charge in [0.15, 0.2) is 0 Å². The Morgan fingerprint density at radius 3 is 2.35 bits per heavy atom. The van der Waals surface area contributed by atoms with Gasteiger partial charge in [-0.15, -0.1) is 0 Å². The van der Waals surface area contributed by atoms with Gasteiger partial charge in [-0.05, 0) is 24.9 Å². The SMILES string of the molecule is CSCCCCCNC(=O)C(C)C(C)C(=O)O. The van der Waals surface area contributed by atoms with Crippen LogP contribution >= 0.6 is 11.8 Å². The maximum absolute atomic E-state index is 11.6. The van der Waals surface area contributed by atoms with Gasteiger partial charge >= 0.3 is 5.97 Å². The van der Waals surface area contributed by atoms with E-state index in [4.69, 9.17) is 5.11 Å². The first-order valence-corrected chi connectivity index (χ1v) is 7.39. The van der Waals surface area contributed by atoms with Crippen molar-refractivity contribution in [3.8, 4) is 0 Å². The van der Waals surface area contributed by atoms with Gasteiger partial charge in [0.05, 0.1) is 5.92 Å². The zero-order chi connectivity index (χ0) is 13.3. The van der Waals surface area contributed by atoms with E-state index in [9.17, 15) is 9.59 Å². The molecule has 0 aromatic rings. The summed E-state index contributed by atoms with van der Waals surface area (Å²) in [6.07, 6.45) is 5.30. The van der Waals surface area contributed by atoms with E-state index in [1.165, 1.54) is 0 Å². The highest BCUT2D eigenvalue weighted by molar-refractivity contribution is 7.98. The summed E-state index contributed by atoms with van der Waals surface area (Å²) in [5.41, 5.74) is 0. The topological polar surface area (TPSA) is 66.4 Å². The smallest absolute Gasteiger partial charge is 0.307 e. The predicted octanol–water partition coefficient (Wildman–Crippen LogP) is 1.99. The van der Waals surface area contributed by atoms with E-state index < -0.39 is 17.8 Å². The molecule has 0 spiro atoms. The van der Waals surface area contributed by atoms with Gasteiger partial charge in [-0.25, -0.2) is 0 Å². The van der Waals surface area contributed by atoms with Crippen molar-refractivity contribution in [3.63, 3.8) is 0 Å². The van der Waals surface area contributed by atoms with Crippen molar-refractivity contribution in [1.82, 2.24) is 5.32 Å². The summed E-state index contributed by atoms with van der Waals surface area (Å²) in [6.45, 7) is 3.86. The number of thioether (sulfide) groups is 1. The standard InChI is InChI=1S/C12H23NO3S/c1-9(10(2)12(15)16)11(14)13-7-5-4-6-8-17-3/h9-10H,4-8H2,1-3H3,(H,13,14)(H,15,16). The number of hydrogen-bond donors (Lipinski definition) is 2. The molecule has 1 amide bonds. The number of carboxylic acid groups (broad SMARTS) is 1. The lowest BCUT2D eigenvalue weighted by Gasteiger charge is -2.15. The van der Waals surface area contributed by atoms with Crippen LogP contribution in [0.4, 0.5) is 0 Å². The highest BCUT2D eigenvalue weighted by Gasteiger charge is 2.25. The van der Waals surface area contributed by atoms with Crippen molar-refractivity contribution in [2.45, 2.75) is 33.1 Å². The second-order valence-electron chi connectivity index (χ2n) is 4.26. The first-order chi connectivity index (χ1) is 8.00. The number of carboxylic acids is 1. The molecule has 2 unspecified atom stereocenters. The number of aliphatic carboxylic acids is 1. The van der Waals surface area contributed by atoms with E-state index in [-0.39, 0.29) is 5.91 Å².